The molecule has 25 heavy (non-hydrogen) atoms. The highest BCUT2D eigenvalue weighted by Crippen LogP contribution is 2.29. The monoisotopic (exact) mass is 374 g/mol. The number of carbonyl (C=O) groups is 1. The summed E-state index contributed by atoms with van der Waals surface area (Å²) in [5, 5.41) is 19.5. The van der Waals surface area contributed by atoms with Crippen LogP contribution in [-0.2, 0) is 4.79 Å². The van der Waals surface area contributed by atoms with Gasteiger partial charge in [0.05, 0.1) is 0 Å². The molecule has 0 atom stereocenters. The molecule has 2 aromatic heterocycles. The van der Waals surface area contributed by atoms with Crippen LogP contribution in [0.15, 0.2) is 18.2 Å². The minimum Gasteiger partial charge on any atom is -0.332 e. The molecule has 1 amide bonds. The molecule has 0 saturated heterocycles. The van der Waals surface area contributed by atoms with Crippen molar-refractivity contribution in [2.75, 3.05) is 5.32 Å². The van der Waals surface area contributed by atoms with E-state index in [4.69, 9.17) is 12.2 Å². The Morgan fingerprint density at radius 1 is 1.32 bits per heavy atom. The molecule has 9 heteroatoms. The molecule has 7 nitrogen and oxygen atoms in total. The summed E-state index contributed by atoms with van der Waals surface area (Å²) in [6.07, 6.45) is 1.23. The molecule has 0 radical (unpaired) electrons. The number of hydrogen-bond acceptors (Lipinski definition) is 6. The van der Waals surface area contributed by atoms with E-state index in [1.54, 1.807) is 4.52 Å². The molecule has 0 bridgehead atoms. The van der Waals surface area contributed by atoms with Crippen molar-refractivity contribution in [3.8, 4) is 10.6 Å². The van der Waals surface area contributed by atoms with Gasteiger partial charge in [0.2, 0.25) is 10.9 Å². The van der Waals surface area contributed by atoms with Crippen LogP contribution in [0.2, 0.25) is 0 Å². The maximum atomic E-state index is 11.7. The van der Waals surface area contributed by atoms with Gasteiger partial charge in [0.15, 0.2) is 10.9 Å². The zero-order chi connectivity index (χ0) is 18.0. The molecule has 2 heterocycles. The molecular weight excluding hydrogens is 356 g/mol. The summed E-state index contributed by atoms with van der Waals surface area (Å²) in [6.45, 7) is 5.79. The number of anilines is 1. The van der Waals surface area contributed by atoms with Gasteiger partial charge in [0, 0.05) is 17.7 Å². The molecular formula is C16H18N6OS2. The normalized spacial score (nSPS) is 10.8. The van der Waals surface area contributed by atoms with Crippen molar-refractivity contribution in [2.45, 2.75) is 33.6 Å². The maximum Gasteiger partial charge on any atom is 0.234 e. The second-order valence-corrected chi connectivity index (χ2v) is 7.00. The highest BCUT2D eigenvalue weighted by molar-refractivity contribution is 7.80. The number of nitrogens with zero attached hydrogens (tertiary/aromatic N) is 4. The number of rotatable bonds is 4. The molecule has 3 aromatic rings. The molecule has 0 spiro atoms. The fourth-order valence-electron chi connectivity index (χ4n) is 2.29. The van der Waals surface area contributed by atoms with Crippen LogP contribution in [0.4, 0.5) is 5.69 Å². The number of aryl methyl sites for hydroxylation is 2. The number of aromatic nitrogens is 4. The average molecular weight is 374 g/mol. The van der Waals surface area contributed by atoms with Gasteiger partial charge in [-0.05, 0) is 44.1 Å². The first-order valence-corrected chi connectivity index (χ1v) is 9.11. The maximum absolute atomic E-state index is 11.7. The van der Waals surface area contributed by atoms with Crippen molar-refractivity contribution in [1.82, 2.24) is 25.1 Å². The van der Waals surface area contributed by atoms with Crippen LogP contribution in [0.3, 0.4) is 0 Å². The van der Waals surface area contributed by atoms with Crippen molar-refractivity contribution in [1.29, 1.82) is 0 Å². The number of amides is 1. The van der Waals surface area contributed by atoms with Crippen molar-refractivity contribution >= 4 is 45.2 Å². The van der Waals surface area contributed by atoms with Crippen LogP contribution in [-0.4, -0.2) is 30.8 Å². The molecule has 1 aromatic carbocycles. The van der Waals surface area contributed by atoms with E-state index >= 15 is 0 Å². The number of fused-ring (bicyclic) bond motifs is 1. The van der Waals surface area contributed by atoms with Crippen LogP contribution in [0.5, 0.6) is 0 Å². The van der Waals surface area contributed by atoms with E-state index in [1.807, 2.05) is 39.0 Å². The Hall–Kier alpha value is -2.39. The van der Waals surface area contributed by atoms with E-state index in [0.717, 1.165) is 39.0 Å². The Morgan fingerprint density at radius 3 is 2.84 bits per heavy atom. The Labute approximate surface area is 154 Å². The van der Waals surface area contributed by atoms with E-state index in [9.17, 15) is 4.79 Å². The molecule has 0 aliphatic rings. The quantitative estimate of drug-likeness (QED) is 0.683. The summed E-state index contributed by atoms with van der Waals surface area (Å²) >= 11 is 6.69. The van der Waals surface area contributed by atoms with Gasteiger partial charge in [-0.1, -0.05) is 30.4 Å². The van der Waals surface area contributed by atoms with Crippen LogP contribution in [0.1, 0.15) is 31.2 Å². The second-order valence-electron chi connectivity index (χ2n) is 5.63. The van der Waals surface area contributed by atoms with Crippen molar-refractivity contribution in [3.05, 3.63) is 29.6 Å². The van der Waals surface area contributed by atoms with Crippen molar-refractivity contribution in [3.63, 3.8) is 0 Å². The first kappa shape index (κ1) is 17.4. The molecule has 0 unspecified atom stereocenters. The van der Waals surface area contributed by atoms with E-state index in [-0.39, 0.29) is 5.91 Å². The highest BCUT2D eigenvalue weighted by atomic mass is 32.1. The largest absolute Gasteiger partial charge is 0.332 e. The molecule has 0 aliphatic carbocycles. The van der Waals surface area contributed by atoms with Gasteiger partial charge < -0.3 is 10.6 Å². The predicted octanol–water partition coefficient (Wildman–Crippen LogP) is 3.08. The zero-order valence-electron chi connectivity index (χ0n) is 14.2. The molecule has 0 fully saturated rings. The SMILES string of the molecule is CCCC(=O)NC(=S)Nc1cc(-c2nn3c(C)nnc3s2)ccc1C. The second kappa shape index (κ2) is 7.24. The number of carbonyl (C=O) groups excluding carboxylic acids is 1. The lowest BCUT2D eigenvalue weighted by Crippen LogP contribution is -2.34. The van der Waals surface area contributed by atoms with Crippen molar-refractivity contribution in [2.24, 2.45) is 0 Å². The van der Waals surface area contributed by atoms with Crippen LogP contribution in [0.25, 0.3) is 15.5 Å². The molecule has 2 N–H and O–H groups in total. The highest BCUT2D eigenvalue weighted by Gasteiger charge is 2.12. The Balaban J connectivity index is 1.82. The summed E-state index contributed by atoms with van der Waals surface area (Å²) in [7, 11) is 0. The summed E-state index contributed by atoms with van der Waals surface area (Å²) < 4.78 is 1.72. The van der Waals surface area contributed by atoms with Gasteiger partial charge in [-0.2, -0.15) is 9.61 Å². The summed E-state index contributed by atoms with van der Waals surface area (Å²) in [5.74, 6) is 0.667. The number of benzene rings is 1. The van der Waals surface area contributed by atoms with Gasteiger partial charge >= 0.3 is 0 Å². The third-order valence-electron chi connectivity index (χ3n) is 3.61. The third-order valence-corrected chi connectivity index (χ3v) is 4.76. The number of hydrogen-bond donors (Lipinski definition) is 2. The van der Waals surface area contributed by atoms with Crippen LogP contribution >= 0.6 is 23.6 Å². The lowest BCUT2D eigenvalue weighted by molar-refractivity contribution is -0.119. The van der Waals surface area contributed by atoms with E-state index in [0.29, 0.717) is 11.5 Å². The van der Waals surface area contributed by atoms with Gasteiger partial charge in [-0.25, -0.2) is 0 Å². The van der Waals surface area contributed by atoms with Gasteiger partial charge in [0.25, 0.3) is 0 Å². The summed E-state index contributed by atoms with van der Waals surface area (Å²) in [6, 6.07) is 5.96. The fourth-order valence-corrected chi connectivity index (χ4v) is 3.40. The summed E-state index contributed by atoms with van der Waals surface area (Å²) in [4.78, 5) is 12.4. The Bertz CT molecular complexity index is 945. The van der Waals surface area contributed by atoms with E-state index in [2.05, 4.69) is 25.9 Å². The molecule has 3 rings (SSSR count). The zero-order valence-corrected chi connectivity index (χ0v) is 15.8. The van der Waals surface area contributed by atoms with Crippen LogP contribution in [0, 0.1) is 13.8 Å². The van der Waals surface area contributed by atoms with Crippen LogP contribution < -0.4 is 10.6 Å². The first-order chi connectivity index (χ1) is 12.0. The number of nitrogens with one attached hydrogen (secondary N) is 2. The van der Waals surface area contributed by atoms with Gasteiger partial charge in [0.1, 0.15) is 5.01 Å². The Kier molecular flexibility index (Phi) is 5.05. The standard InChI is InChI=1S/C16H18N6OS2/c1-4-5-13(23)18-15(24)17-12-8-11(7-6-9(12)2)14-21-22-10(3)19-20-16(22)25-14/h6-8H,4-5H2,1-3H3,(H2,17,18,23,24). The van der Waals surface area contributed by atoms with E-state index < -0.39 is 0 Å². The fraction of sp³-hybridized carbons (Fsp3) is 0.312. The predicted molar refractivity (Wildman–Crippen MR) is 103 cm³/mol. The lowest BCUT2D eigenvalue weighted by Gasteiger charge is -2.12. The molecule has 0 aliphatic heterocycles. The van der Waals surface area contributed by atoms with Gasteiger partial charge in [-0.3, -0.25) is 4.79 Å². The lowest BCUT2D eigenvalue weighted by atomic mass is 10.1. The Morgan fingerprint density at radius 2 is 2.12 bits per heavy atom. The molecule has 0 saturated carbocycles. The average Bonchev–Trinajstić information content (AvgIpc) is 3.12. The van der Waals surface area contributed by atoms with Gasteiger partial charge in [-0.15, -0.1) is 10.2 Å². The smallest absolute Gasteiger partial charge is 0.234 e. The third kappa shape index (κ3) is 3.83. The van der Waals surface area contributed by atoms with Crippen molar-refractivity contribution < 1.29 is 4.79 Å². The summed E-state index contributed by atoms with van der Waals surface area (Å²) in [5.41, 5.74) is 2.81. The first-order valence-electron chi connectivity index (χ1n) is 7.88. The molecule has 130 valence electrons. The number of thiocarbonyl (C=S) groups is 1. The minimum absolute atomic E-state index is 0.0852. The minimum atomic E-state index is -0.0852. The topological polar surface area (TPSA) is 84.2 Å². The van der Waals surface area contributed by atoms with E-state index in [1.165, 1.54) is 11.3 Å².